The van der Waals surface area contributed by atoms with Crippen molar-refractivity contribution in [3.63, 3.8) is 0 Å². The van der Waals surface area contributed by atoms with E-state index in [-0.39, 0.29) is 5.82 Å². The van der Waals surface area contributed by atoms with E-state index in [2.05, 4.69) is 15.9 Å². The van der Waals surface area contributed by atoms with Gasteiger partial charge in [0.1, 0.15) is 11.6 Å². The van der Waals surface area contributed by atoms with Gasteiger partial charge in [0.05, 0.1) is 5.69 Å². The lowest BCUT2D eigenvalue weighted by atomic mass is 10.2. The average Bonchev–Trinajstić information content (AvgIpc) is 2.71. The van der Waals surface area contributed by atoms with Gasteiger partial charge >= 0.3 is 0 Å². The Labute approximate surface area is 107 Å². The smallest absolute Gasteiger partial charge is 0.165 e. The van der Waals surface area contributed by atoms with Gasteiger partial charge in [0, 0.05) is 10.2 Å². The molecule has 0 saturated heterocycles. The molecule has 2 aromatic carbocycles. The number of hydrogen-bond acceptors (Lipinski definition) is 2. The Bertz CT molecular complexity index is 573. The van der Waals surface area contributed by atoms with Crippen LogP contribution in [0.1, 0.15) is 0 Å². The standard InChI is InChI=1S/C13H9BrFNO/c14-9-4-5-12-13(6-9)17-8-16(12)11-3-1-2-10(15)7-11/h1-7H,8H2. The molecule has 2 nitrogen and oxygen atoms in total. The first-order valence-electron chi connectivity index (χ1n) is 5.19. The van der Waals surface area contributed by atoms with Crippen molar-refractivity contribution in [3.8, 4) is 5.75 Å². The van der Waals surface area contributed by atoms with Gasteiger partial charge in [-0.25, -0.2) is 4.39 Å². The van der Waals surface area contributed by atoms with Crippen LogP contribution in [0.15, 0.2) is 46.9 Å². The van der Waals surface area contributed by atoms with Gasteiger partial charge in [0.25, 0.3) is 0 Å². The van der Waals surface area contributed by atoms with E-state index in [1.807, 2.05) is 29.2 Å². The van der Waals surface area contributed by atoms with Gasteiger partial charge in [-0.2, -0.15) is 0 Å². The molecule has 1 aliphatic rings. The van der Waals surface area contributed by atoms with Crippen molar-refractivity contribution in [2.75, 3.05) is 11.6 Å². The highest BCUT2D eigenvalue weighted by atomic mass is 79.9. The van der Waals surface area contributed by atoms with E-state index >= 15 is 0 Å². The van der Waals surface area contributed by atoms with Gasteiger partial charge in [0.2, 0.25) is 0 Å². The lowest BCUT2D eigenvalue weighted by Gasteiger charge is -2.16. The molecule has 0 atom stereocenters. The van der Waals surface area contributed by atoms with E-state index in [0.29, 0.717) is 6.73 Å². The third kappa shape index (κ3) is 1.89. The molecule has 0 spiro atoms. The molecule has 0 N–H and O–H groups in total. The zero-order valence-electron chi connectivity index (χ0n) is 8.86. The van der Waals surface area contributed by atoms with Crippen LogP contribution in [-0.4, -0.2) is 6.73 Å². The summed E-state index contributed by atoms with van der Waals surface area (Å²) in [7, 11) is 0. The summed E-state index contributed by atoms with van der Waals surface area (Å²) in [6.07, 6.45) is 0. The second kappa shape index (κ2) is 4.04. The lowest BCUT2D eigenvalue weighted by Crippen LogP contribution is -2.15. The number of rotatable bonds is 1. The molecule has 0 amide bonds. The summed E-state index contributed by atoms with van der Waals surface area (Å²) in [6.45, 7) is 0.412. The molecule has 0 aliphatic carbocycles. The Morgan fingerprint density at radius 1 is 1.18 bits per heavy atom. The summed E-state index contributed by atoms with van der Waals surface area (Å²) in [5, 5.41) is 0. The molecule has 4 heteroatoms. The molecule has 1 aliphatic heterocycles. The van der Waals surface area contributed by atoms with E-state index in [0.717, 1.165) is 21.6 Å². The van der Waals surface area contributed by atoms with E-state index in [1.54, 1.807) is 6.07 Å². The minimum Gasteiger partial charge on any atom is -0.471 e. The molecule has 0 saturated carbocycles. The van der Waals surface area contributed by atoms with Crippen molar-refractivity contribution in [2.45, 2.75) is 0 Å². The van der Waals surface area contributed by atoms with Crippen LogP contribution in [-0.2, 0) is 0 Å². The summed E-state index contributed by atoms with van der Waals surface area (Å²) < 4.78 is 19.7. The van der Waals surface area contributed by atoms with E-state index in [4.69, 9.17) is 4.74 Å². The third-order valence-electron chi connectivity index (χ3n) is 2.68. The van der Waals surface area contributed by atoms with Crippen molar-refractivity contribution in [1.82, 2.24) is 0 Å². The number of ether oxygens (including phenoxy) is 1. The molecule has 1 heterocycles. The second-order valence-electron chi connectivity index (χ2n) is 3.79. The highest BCUT2D eigenvalue weighted by Gasteiger charge is 2.21. The number of halogens is 2. The van der Waals surface area contributed by atoms with Crippen LogP contribution in [0.4, 0.5) is 15.8 Å². The predicted molar refractivity (Wildman–Crippen MR) is 68.2 cm³/mol. The Morgan fingerprint density at radius 3 is 2.88 bits per heavy atom. The maximum atomic E-state index is 13.2. The number of anilines is 2. The normalized spacial score (nSPS) is 13.4. The van der Waals surface area contributed by atoms with Crippen LogP contribution in [0.3, 0.4) is 0 Å². The summed E-state index contributed by atoms with van der Waals surface area (Å²) in [4.78, 5) is 1.94. The first-order valence-corrected chi connectivity index (χ1v) is 5.99. The van der Waals surface area contributed by atoms with Gasteiger partial charge < -0.3 is 9.64 Å². The minimum absolute atomic E-state index is 0.243. The largest absolute Gasteiger partial charge is 0.471 e. The highest BCUT2D eigenvalue weighted by molar-refractivity contribution is 9.10. The molecular weight excluding hydrogens is 285 g/mol. The molecule has 0 radical (unpaired) electrons. The minimum atomic E-state index is -0.243. The molecule has 0 bridgehead atoms. The summed E-state index contributed by atoms with van der Waals surface area (Å²) >= 11 is 3.39. The van der Waals surface area contributed by atoms with Crippen molar-refractivity contribution in [2.24, 2.45) is 0 Å². The molecule has 17 heavy (non-hydrogen) atoms. The first kappa shape index (κ1) is 10.6. The fourth-order valence-corrected chi connectivity index (χ4v) is 2.23. The van der Waals surface area contributed by atoms with Gasteiger partial charge in [-0.1, -0.05) is 22.0 Å². The number of benzene rings is 2. The van der Waals surface area contributed by atoms with Crippen LogP contribution in [0.25, 0.3) is 0 Å². The molecule has 2 aromatic rings. The van der Waals surface area contributed by atoms with E-state index < -0.39 is 0 Å². The Balaban J connectivity index is 2.04. The summed E-state index contributed by atoms with van der Waals surface area (Å²) in [6, 6.07) is 12.3. The van der Waals surface area contributed by atoms with Gasteiger partial charge in [0.15, 0.2) is 6.73 Å². The fraction of sp³-hybridized carbons (Fsp3) is 0.0769. The van der Waals surface area contributed by atoms with Crippen molar-refractivity contribution >= 4 is 27.3 Å². The van der Waals surface area contributed by atoms with Crippen LogP contribution < -0.4 is 9.64 Å². The van der Waals surface area contributed by atoms with Gasteiger partial charge in [-0.15, -0.1) is 0 Å². The topological polar surface area (TPSA) is 12.5 Å². The number of nitrogens with zero attached hydrogens (tertiary/aromatic N) is 1. The predicted octanol–water partition coefficient (Wildman–Crippen LogP) is 4.08. The average molecular weight is 294 g/mol. The summed E-state index contributed by atoms with van der Waals surface area (Å²) in [5.74, 6) is 0.566. The Morgan fingerprint density at radius 2 is 2.06 bits per heavy atom. The van der Waals surface area contributed by atoms with Crippen LogP contribution in [0, 0.1) is 5.82 Å². The monoisotopic (exact) mass is 293 g/mol. The van der Waals surface area contributed by atoms with Crippen molar-refractivity contribution < 1.29 is 9.13 Å². The maximum Gasteiger partial charge on any atom is 0.165 e. The molecular formula is C13H9BrFNO. The number of hydrogen-bond donors (Lipinski definition) is 0. The van der Waals surface area contributed by atoms with E-state index in [9.17, 15) is 4.39 Å². The highest BCUT2D eigenvalue weighted by Crippen LogP contribution is 2.40. The third-order valence-corrected chi connectivity index (χ3v) is 3.17. The molecule has 0 fully saturated rings. The van der Waals surface area contributed by atoms with Crippen LogP contribution >= 0.6 is 15.9 Å². The van der Waals surface area contributed by atoms with E-state index in [1.165, 1.54) is 12.1 Å². The molecule has 86 valence electrons. The van der Waals surface area contributed by atoms with Gasteiger partial charge in [-0.3, -0.25) is 0 Å². The first-order chi connectivity index (χ1) is 8.24. The van der Waals surface area contributed by atoms with Gasteiger partial charge in [-0.05, 0) is 36.4 Å². The molecule has 3 rings (SSSR count). The second-order valence-corrected chi connectivity index (χ2v) is 4.71. The lowest BCUT2D eigenvalue weighted by molar-refractivity contribution is 0.357. The Kier molecular flexibility index (Phi) is 2.52. The zero-order chi connectivity index (χ0) is 11.8. The van der Waals surface area contributed by atoms with Crippen LogP contribution in [0.5, 0.6) is 5.75 Å². The zero-order valence-corrected chi connectivity index (χ0v) is 10.4. The Hall–Kier alpha value is -1.55. The van der Waals surface area contributed by atoms with Crippen molar-refractivity contribution in [3.05, 3.63) is 52.8 Å². The quantitative estimate of drug-likeness (QED) is 0.786. The summed E-state index contributed by atoms with van der Waals surface area (Å²) in [5.41, 5.74) is 1.75. The molecule has 0 unspecified atom stereocenters. The van der Waals surface area contributed by atoms with Crippen LogP contribution in [0.2, 0.25) is 0 Å². The van der Waals surface area contributed by atoms with Crippen molar-refractivity contribution in [1.29, 1.82) is 0 Å². The number of fused-ring (bicyclic) bond motifs is 1. The molecule has 0 aromatic heterocycles. The SMILES string of the molecule is Fc1cccc(N2COc3cc(Br)ccc32)c1. The maximum absolute atomic E-state index is 13.2. The fourth-order valence-electron chi connectivity index (χ4n) is 1.89.